The standard InChI is InChI=1S/C23H22N4O6/c1-28-15-7-14(8-16(9-15)29-2)18-20(11-24,12-25)22(13-26)17-10-21(30-5-6-31-21)3-4-23(17,32-18)33-19(22)27/h7-9,17-18,27H,3-6,10H2,1-2H3. The largest absolute Gasteiger partial charge is 0.497 e. The van der Waals surface area contributed by atoms with Gasteiger partial charge in [-0.1, -0.05) is 0 Å². The number of benzene rings is 1. The Labute approximate surface area is 190 Å². The molecule has 170 valence electrons. The summed E-state index contributed by atoms with van der Waals surface area (Å²) in [6, 6.07) is 11.2. The second kappa shape index (κ2) is 7.07. The zero-order chi connectivity index (χ0) is 23.5. The maximum Gasteiger partial charge on any atom is 0.218 e. The lowest BCUT2D eigenvalue weighted by Crippen LogP contribution is -2.63. The van der Waals surface area contributed by atoms with Gasteiger partial charge >= 0.3 is 0 Å². The van der Waals surface area contributed by atoms with Gasteiger partial charge in [0.15, 0.2) is 11.2 Å². The van der Waals surface area contributed by atoms with Crippen LogP contribution in [0.5, 0.6) is 11.5 Å². The molecular weight excluding hydrogens is 428 g/mol. The van der Waals surface area contributed by atoms with Crippen molar-refractivity contribution < 1.29 is 28.4 Å². The van der Waals surface area contributed by atoms with Crippen LogP contribution in [0.4, 0.5) is 0 Å². The minimum absolute atomic E-state index is 0.169. The van der Waals surface area contributed by atoms with Crippen LogP contribution < -0.4 is 9.47 Å². The van der Waals surface area contributed by atoms with E-state index in [0.29, 0.717) is 36.7 Å². The molecule has 5 rings (SSSR count). The average molecular weight is 450 g/mol. The van der Waals surface area contributed by atoms with Gasteiger partial charge in [-0.25, -0.2) is 0 Å². The predicted molar refractivity (Wildman–Crippen MR) is 109 cm³/mol. The molecule has 3 aliphatic heterocycles. The molecule has 10 heteroatoms. The highest BCUT2D eigenvalue weighted by Crippen LogP contribution is 2.70. The maximum absolute atomic E-state index is 10.5. The molecule has 1 N–H and O–H groups in total. The summed E-state index contributed by atoms with van der Waals surface area (Å²) in [5, 5.41) is 40.0. The summed E-state index contributed by atoms with van der Waals surface area (Å²) in [5.41, 5.74) is -3.56. The van der Waals surface area contributed by atoms with Gasteiger partial charge in [0.1, 0.15) is 17.6 Å². The summed E-state index contributed by atoms with van der Waals surface area (Å²) in [4.78, 5) is 0. The molecule has 0 radical (unpaired) electrons. The molecular formula is C23H22N4O6. The molecule has 33 heavy (non-hydrogen) atoms. The Morgan fingerprint density at radius 2 is 1.61 bits per heavy atom. The monoisotopic (exact) mass is 450 g/mol. The Hall–Kier alpha value is -3.36. The van der Waals surface area contributed by atoms with Crippen LogP contribution in [-0.2, 0) is 18.9 Å². The lowest BCUT2D eigenvalue weighted by molar-refractivity contribution is -0.330. The first-order valence-electron chi connectivity index (χ1n) is 10.6. The molecule has 0 aromatic heterocycles. The first-order valence-corrected chi connectivity index (χ1v) is 10.6. The van der Waals surface area contributed by atoms with Gasteiger partial charge in [0.05, 0.1) is 51.6 Å². The van der Waals surface area contributed by atoms with E-state index in [1.54, 1.807) is 18.2 Å². The molecule has 1 spiro atoms. The van der Waals surface area contributed by atoms with Gasteiger partial charge < -0.3 is 28.4 Å². The summed E-state index contributed by atoms with van der Waals surface area (Å²) >= 11 is 0. The minimum atomic E-state index is -2.09. The van der Waals surface area contributed by atoms with E-state index in [1.807, 2.05) is 0 Å². The Kier molecular flexibility index (Phi) is 4.60. The highest BCUT2D eigenvalue weighted by atomic mass is 16.7. The number of rotatable bonds is 3. The topological polar surface area (TPSA) is 151 Å². The van der Waals surface area contributed by atoms with Crippen LogP contribution in [0.1, 0.15) is 30.9 Å². The first kappa shape index (κ1) is 21.5. The molecule has 1 aromatic carbocycles. The lowest BCUT2D eigenvalue weighted by atomic mass is 9.51. The van der Waals surface area contributed by atoms with Crippen molar-refractivity contribution in [1.29, 1.82) is 21.2 Å². The zero-order valence-corrected chi connectivity index (χ0v) is 18.2. The van der Waals surface area contributed by atoms with E-state index >= 15 is 0 Å². The molecule has 1 aliphatic carbocycles. The fourth-order valence-electron chi connectivity index (χ4n) is 5.83. The van der Waals surface area contributed by atoms with Gasteiger partial charge in [-0.2, -0.15) is 15.8 Å². The molecule has 4 aliphatic rings. The van der Waals surface area contributed by atoms with Gasteiger partial charge in [-0.3, -0.25) is 5.41 Å². The summed E-state index contributed by atoms with van der Waals surface area (Å²) in [5.74, 6) is -2.70. The van der Waals surface area contributed by atoms with Crippen molar-refractivity contribution in [2.24, 2.45) is 16.7 Å². The maximum atomic E-state index is 10.5. The molecule has 1 aromatic rings. The first-order chi connectivity index (χ1) is 15.9. The molecule has 3 heterocycles. The van der Waals surface area contributed by atoms with E-state index in [0.717, 1.165) is 0 Å². The van der Waals surface area contributed by atoms with E-state index in [1.165, 1.54) is 14.2 Å². The second-order valence-corrected chi connectivity index (χ2v) is 8.70. The number of ether oxygens (including phenoxy) is 6. The Morgan fingerprint density at radius 3 is 2.15 bits per heavy atom. The van der Waals surface area contributed by atoms with Crippen LogP contribution in [0.2, 0.25) is 0 Å². The third kappa shape index (κ3) is 2.53. The number of nitrogens with one attached hydrogen (secondary N) is 1. The zero-order valence-electron chi connectivity index (χ0n) is 18.2. The van der Waals surface area contributed by atoms with Crippen molar-refractivity contribution in [2.75, 3.05) is 27.4 Å². The van der Waals surface area contributed by atoms with Gasteiger partial charge in [0.2, 0.25) is 17.1 Å². The van der Waals surface area contributed by atoms with E-state index in [-0.39, 0.29) is 12.8 Å². The fraction of sp³-hybridized carbons (Fsp3) is 0.565. The highest BCUT2D eigenvalue weighted by molar-refractivity contribution is 5.89. The van der Waals surface area contributed by atoms with Crippen LogP contribution in [0.15, 0.2) is 18.2 Å². The summed E-state index contributed by atoms with van der Waals surface area (Å²) in [6.45, 7) is 0.818. The number of hydrogen-bond acceptors (Lipinski definition) is 10. The van der Waals surface area contributed by atoms with Crippen molar-refractivity contribution in [1.82, 2.24) is 0 Å². The van der Waals surface area contributed by atoms with Crippen LogP contribution in [-0.4, -0.2) is 44.9 Å². The molecule has 4 fully saturated rings. The normalized spacial score (nSPS) is 34.9. The molecule has 10 nitrogen and oxygen atoms in total. The third-order valence-electron chi connectivity index (χ3n) is 7.41. The number of hydrogen-bond donors (Lipinski definition) is 1. The van der Waals surface area contributed by atoms with E-state index in [2.05, 4.69) is 18.2 Å². The van der Waals surface area contributed by atoms with Gasteiger partial charge in [0, 0.05) is 25.3 Å². The molecule has 3 saturated heterocycles. The molecule has 2 bridgehead atoms. The number of methoxy groups -OCH3 is 2. The average Bonchev–Trinajstić information content (AvgIpc) is 3.37. The number of nitrogens with zero attached hydrogens (tertiary/aromatic N) is 3. The summed E-state index contributed by atoms with van der Waals surface area (Å²) in [7, 11) is 2.97. The van der Waals surface area contributed by atoms with Crippen LogP contribution in [0, 0.1) is 56.2 Å². The van der Waals surface area contributed by atoms with Crippen LogP contribution in [0.25, 0.3) is 0 Å². The van der Waals surface area contributed by atoms with E-state index in [9.17, 15) is 15.8 Å². The predicted octanol–water partition coefficient (Wildman–Crippen LogP) is 2.57. The SMILES string of the molecule is COc1cc(OC)cc(C2OC34CCC5(CC3C(C#N)(C(=N)O4)C2(C#N)C#N)OCCO5)c1. The van der Waals surface area contributed by atoms with E-state index in [4.69, 9.17) is 33.8 Å². The summed E-state index contributed by atoms with van der Waals surface area (Å²) < 4.78 is 34.9. The van der Waals surface area contributed by atoms with Gasteiger partial charge in [-0.05, 0) is 17.7 Å². The van der Waals surface area contributed by atoms with Gasteiger partial charge in [-0.15, -0.1) is 0 Å². The van der Waals surface area contributed by atoms with Crippen molar-refractivity contribution >= 4 is 5.90 Å². The van der Waals surface area contributed by atoms with Crippen molar-refractivity contribution in [2.45, 2.75) is 36.9 Å². The van der Waals surface area contributed by atoms with Crippen molar-refractivity contribution in [3.05, 3.63) is 23.8 Å². The van der Waals surface area contributed by atoms with Crippen LogP contribution >= 0.6 is 0 Å². The Bertz CT molecular complexity index is 1110. The minimum Gasteiger partial charge on any atom is -0.497 e. The third-order valence-corrected chi connectivity index (χ3v) is 7.41. The van der Waals surface area contributed by atoms with Crippen molar-refractivity contribution in [3.8, 4) is 29.7 Å². The Balaban J connectivity index is 1.72. The van der Waals surface area contributed by atoms with Gasteiger partial charge in [0.25, 0.3) is 0 Å². The quantitative estimate of drug-likeness (QED) is 0.732. The van der Waals surface area contributed by atoms with E-state index < -0.39 is 40.3 Å². The fourth-order valence-corrected chi connectivity index (χ4v) is 5.83. The smallest absolute Gasteiger partial charge is 0.218 e. The summed E-state index contributed by atoms with van der Waals surface area (Å²) in [6.07, 6.45) is -0.330. The molecule has 0 amide bonds. The highest BCUT2D eigenvalue weighted by Gasteiger charge is 2.82. The lowest BCUT2D eigenvalue weighted by Gasteiger charge is -2.54. The second-order valence-electron chi connectivity index (χ2n) is 8.70. The number of nitriles is 3. The molecule has 4 atom stereocenters. The molecule has 1 saturated carbocycles. The van der Waals surface area contributed by atoms with Crippen LogP contribution in [0.3, 0.4) is 0 Å². The Morgan fingerprint density at radius 1 is 0.970 bits per heavy atom. The van der Waals surface area contributed by atoms with Crippen molar-refractivity contribution in [3.63, 3.8) is 0 Å². The molecule has 4 unspecified atom stereocenters.